The molecule has 1 aliphatic rings. The molecule has 0 atom stereocenters. The third-order valence-electron chi connectivity index (χ3n) is 2.32. The summed E-state index contributed by atoms with van der Waals surface area (Å²) in [4.78, 5) is 0. The van der Waals surface area contributed by atoms with Crippen molar-refractivity contribution in [3.63, 3.8) is 0 Å². The summed E-state index contributed by atoms with van der Waals surface area (Å²) in [7, 11) is 0. The average molecular weight is 308 g/mol. The van der Waals surface area contributed by atoms with Gasteiger partial charge >= 0.3 is 0 Å². The topological polar surface area (TPSA) is 9.23 Å². The molecular formula is C11H9BrCl2O. The van der Waals surface area contributed by atoms with Crippen LogP contribution in [-0.4, -0.2) is 13.2 Å². The van der Waals surface area contributed by atoms with Gasteiger partial charge in [0.25, 0.3) is 0 Å². The van der Waals surface area contributed by atoms with E-state index in [4.69, 9.17) is 27.9 Å². The van der Waals surface area contributed by atoms with Crippen LogP contribution in [0.2, 0.25) is 10.0 Å². The van der Waals surface area contributed by atoms with Crippen molar-refractivity contribution in [3.8, 4) is 0 Å². The molecular weight excluding hydrogens is 299 g/mol. The van der Waals surface area contributed by atoms with Crippen LogP contribution in [0.3, 0.4) is 0 Å². The number of rotatable bonds is 1. The van der Waals surface area contributed by atoms with E-state index < -0.39 is 0 Å². The molecule has 0 saturated carbocycles. The van der Waals surface area contributed by atoms with Crippen molar-refractivity contribution in [1.82, 2.24) is 0 Å². The second kappa shape index (κ2) is 4.88. The maximum absolute atomic E-state index is 6.05. The van der Waals surface area contributed by atoms with E-state index in [0.717, 1.165) is 23.1 Å². The smallest absolute Gasteiger partial charge is 0.0653 e. The summed E-state index contributed by atoms with van der Waals surface area (Å²) in [6.07, 6.45) is 2.98. The van der Waals surface area contributed by atoms with E-state index in [-0.39, 0.29) is 0 Å². The van der Waals surface area contributed by atoms with Gasteiger partial charge in [-0.3, -0.25) is 0 Å². The molecule has 0 spiro atoms. The van der Waals surface area contributed by atoms with E-state index in [1.165, 1.54) is 5.57 Å². The highest BCUT2D eigenvalue weighted by atomic mass is 79.9. The molecule has 0 N–H and O–H groups in total. The summed E-state index contributed by atoms with van der Waals surface area (Å²) >= 11 is 15.4. The quantitative estimate of drug-likeness (QED) is 0.691. The van der Waals surface area contributed by atoms with Crippen molar-refractivity contribution in [2.24, 2.45) is 0 Å². The first-order chi connectivity index (χ1) is 7.18. The van der Waals surface area contributed by atoms with Crippen molar-refractivity contribution < 1.29 is 4.74 Å². The fourth-order valence-corrected chi connectivity index (χ4v) is 2.25. The highest BCUT2D eigenvalue weighted by molar-refractivity contribution is 9.10. The molecule has 15 heavy (non-hydrogen) atoms. The Bertz CT molecular complexity index is 392. The minimum atomic E-state index is 0.643. The summed E-state index contributed by atoms with van der Waals surface area (Å²) < 4.78 is 6.01. The second-order valence-corrected chi connectivity index (χ2v) is 4.92. The zero-order chi connectivity index (χ0) is 10.8. The van der Waals surface area contributed by atoms with Crippen LogP contribution < -0.4 is 0 Å². The zero-order valence-corrected chi connectivity index (χ0v) is 11.0. The van der Waals surface area contributed by atoms with Gasteiger partial charge in [-0.1, -0.05) is 29.3 Å². The van der Waals surface area contributed by atoms with Gasteiger partial charge in [-0.05, 0) is 45.6 Å². The van der Waals surface area contributed by atoms with Crippen molar-refractivity contribution in [2.75, 3.05) is 13.2 Å². The van der Waals surface area contributed by atoms with E-state index in [0.29, 0.717) is 16.7 Å². The van der Waals surface area contributed by atoms with Gasteiger partial charge in [0, 0.05) is 0 Å². The minimum absolute atomic E-state index is 0.643. The SMILES string of the molecule is Clc1cc(C2=CCOCC2)cc(Cl)c1Br. The monoisotopic (exact) mass is 306 g/mol. The third-order valence-corrected chi connectivity index (χ3v) is 4.22. The van der Waals surface area contributed by atoms with Gasteiger partial charge < -0.3 is 4.74 Å². The lowest BCUT2D eigenvalue weighted by Crippen LogP contribution is -2.03. The largest absolute Gasteiger partial charge is 0.377 e. The predicted octanol–water partition coefficient (Wildman–Crippen LogP) is 4.56. The molecule has 0 aromatic heterocycles. The van der Waals surface area contributed by atoms with E-state index in [1.54, 1.807) is 0 Å². The molecule has 0 amide bonds. The molecule has 1 aliphatic heterocycles. The maximum atomic E-state index is 6.05. The summed E-state index contributed by atoms with van der Waals surface area (Å²) in [5.41, 5.74) is 2.33. The normalized spacial score (nSPS) is 16.3. The Morgan fingerprint density at radius 2 is 1.87 bits per heavy atom. The van der Waals surface area contributed by atoms with Crippen LogP contribution >= 0.6 is 39.1 Å². The van der Waals surface area contributed by atoms with Crippen LogP contribution in [-0.2, 0) is 4.74 Å². The van der Waals surface area contributed by atoms with Gasteiger partial charge in [0.05, 0.1) is 27.7 Å². The number of hydrogen-bond donors (Lipinski definition) is 0. The van der Waals surface area contributed by atoms with Gasteiger partial charge in [-0.25, -0.2) is 0 Å². The Morgan fingerprint density at radius 3 is 2.40 bits per heavy atom. The molecule has 1 heterocycles. The highest BCUT2D eigenvalue weighted by Gasteiger charge is 2.10. The molecule has 0 unspecified atom stereocenters. The van der Waals surface area contributed by atoms with Crippen LogP contribution in [0, 0.1) is 0 Å². The molecule has 0 bridgehead atoms. The highest BCUT2D eigenvalue weighted by Crippen LogP contribution is 2.34. The molecule has 2 rings (SSSR count). The van der Waals surface area contributed by atoms with Gasteiger partial charge in [0.1, 0.15) is 0 Å². The van der Waals surface area contributed by atoms with E-state index in [2.05, 4.69) is 22.0 Å². The van der Waals surface area contributed by atoms with E-state index in [1.807, 2.05) is 12.1 Å². The molecule has 1 nitrogen and oxygen atoms in total. The second-order valence-electron chi connectivity index (χ2n) is 3.31. The summed E-state index contributed by atoms with van der Waals surface area (Å²) in [5.74, 6) is 0. The minimum Gasteiger partial charge on any atom is -0.377 e. The van der Waals surface area contributed by atoms with Gasteiger partial charge in [-0.15, -0.1) is 0 Å². The van der Waals surface area contributed by atoms with Crippen LogP contribution in [0.4, 0.5) is 0 Å². The van der Waals surface area contributed by atoms with Crippen molar-refractivity contribution in [2.45, 2.75) is 6.42 Å². The first-order valence-electron chi connectivity index (χ1n) is 4.60. The Kier molecular flexibility index (Phi) is 3.73. The predicted molar refractivity (Wildman–Crippen MR) is 67.6 cm³/mol. The van der Waals surface area contributed by atoms with Gasteiger partial charge in [0.2, 0.25) is 0 Å². The maximum Gasteiger partial charge on any atom is 0.0653 e. The summed E-state index contributed by atoms with van der Waals surface area (Å²) in [6, 6.07) is 3.85. The lowest BCUT2D eigenvalue weighted by atomic mass is 10.0. The first-order valence-corrected chi connectivity index (χ1v) is 6.15. The van der Waals surface area contributed by atoms with E-state index in [9.17, 15) is 0 Å². The lowest BCUT2D eigenvalue weighted by Gasteiger charge is -2.14. The lowest BCUT2D eigenvalue weighted by molar-refractivity contribution is 0.161. The molecule has 4 heteroatoms. The Morgan fingerprint density at radius 1 is 1.20 bits per heavy atom. The number of halogens is 3. The molecule has 0 aliphatic carbocycles. The first kappa shape index (κ1) is 11.5. The molecule has 0 fully saturated rings. The van der Waals surface area contributed by atoms with Crippen LogP contribution in [0.5, 0.6) is 0 Å². The Labute approximate surface area is 107 Å². The van der Waals surface area contributed by atoms with Crippen LogP contribution in [0.15, 0.2) is 22.7 Å². The number of benzene rings is 1. The Balaban J connectivity index is 2.40. The molecule has 1 aromatic rings. The van der Waals surface area contributed by atoms with Crippen molar-refractivity contribution in [1.29, 1.82) is 0 Å². The van der Waals surface area contributed by atoms with Crippen molar-refractivity contribution >= 4 is 44.7 Å². The third kappa shape index (κ3) is 2.56. The number of hydrogen-bond acceptors (Lipinski definition) is 1. The summed E-state index contributed by atoms with van der Waals surface area (Å²) in [5, 5.41) is 1.29. The van der Waals surface area contributed by atoms with Gasteiger partial charge in [-0.2, -0.15) is 0 Å². The summed E-state index contributed by atoms with van der Waals surface area (Å²) in [6.45, 7) is 1.43. The molecule has 1 aromatic carbocycles. The van der Waals surface area contributed by atoms with Crippen LogP contribution in [0.1, 0.15) is 12.0 Å². The molecule has 80 valence electrons. The number of ether oxygens (including phenoxy) is 1. The van der Waals surface area contributed by atoms with Gasteiger partial charge in [0.15, 0.2) is 0 Å². The Hall–Kier alpha value is -0.0200. The molecule has 0 saturated heterocycles. The fraction of sp³-hybridized carbons (Fsp3) is 0.273. The van der Waals surface area contributed by atoms with Crippen molar-refractivity contribution in [3.05, 3.63) is 38.3 Å². The zero-order valence-electron chi connectivity index (χ0n) is 7.90. The molecule has 0 radical (unpaired) electrons. The van der Waals surface area contributed by atoms with E-state index >= 15 is 0 Å². The van der Waals surface area contributed by atoms with Crippen LogP contribution in [0.25, 0.3) is 5.57 Å². The average Bonchev–Trinajstić information content (AvgIpc) is 2.26. The standard InChI is InChI=1S/C11H9BrCl2O/c12-11-9(13)5-8(6-10(11)14)7-1-3-15-4-2-7/h1,5-6H,2-4H2. The fourth-order valence-electron chi connectivity index (χ4n) is 1.53.